The van der Waals surface area contributed by atoms with Crippen molar-refractivity contribution in [1.29, 1.82) is 5.26 Å². The molecular formula is C13H10N2. The summed E-state index contributed by atoms with van der Waals surface area (Å²) >= 11 is 0. The number of nitrogens with zero attached hydrogens (tertiary/aromatic N) is 2. The third kappa shape index (κ3) is 1.87. The highest BCUT2D eigenvalue weighted by atomic mass is 14.7. The topological polar surface area (TPSA) is 36.7 Å². The maximum atomic E-state index is 8.77. The molecular weight excluding hydrogens is 184 g/mol. The van der Waals surface area contributed by atoms with E-state index in [1.165, 1.54) is 5.56 Å². The maximum absolute atomic E-state index is 8.77. The molecule has 0 unspecified atom stereocenters. The number of rotatable bonds is 1. The van der Waals surface area contributed by atoms with Crippen LogP contribution in [-0.4, -0.2) is 4.98 Å². The van der Waals surface area contributed by atoms with Crippen LogP contribution in [0.3, 0.4) is 0 Å². The van der Waals surface area contributed by atoms with E-state index in [0.717, 1.165) is 11.1 Å². The van der Waals surface area contributed by atoms with Crippen LogP contribution >= 0.6 is 0 Å². The molecule has 2 aromatic rings. The monoisotopic (exact) mass is 194 g/mol. The van der Waals surface area contributed by atoms with E-state index in [1.54, 1.807) is 6.20 Å². The molecule has 72 valence electrons. The van der Waals surface area contributed by atoms with E-state index in [1.807, 2.05) is 36.4 Å². The highest BCUT2D eigenvalue weighted by Gasteiger charge is 2.01. The van der Waals surface area contributed by atoms with Crippen LogP contribution in [0.25, 0.3) is 11.1 Å². The zero-order chi connectivity index (χ0) is 10.7. The van der Waals surface area contributed by atoms with Gasteiger partial charge in [0.25, 0.3) is 0 Å². The minimum Gasteiger partial charge on any atom is -0.246 e. The van der Waals surface area contributed by atoms with E-state index >= 15 is 0 Å². The molecule has 0 saturated heterocycles. The Labute approximate surface area is 88.8 Å². The number of benzene rings is 1. The highest BCUT2D eigenvalue weighted by Crippen LogP contribution is 2.22. The fourth-order valence-corrected chi connectivity index (χ4v) is 1.56. The molecule has 2 heteroatoms. The Kier molecular flexibility index (Phi) is 2.47. The number of nitriles is 1. The molecule has 0 saturated carbocycles. The van der Waals surface area contributed by atoms with Gasteiger partial charge in [0.15, 0.2) is 0 Å². The Morgan fingerprint density at radius 1 is 1.20 bits per heavy atom. The summed E-state index contributed by atoms with van der Waals surface area (Å²) in [5.74, 6) is 0. The fourth-order valence-electron chi connectivity index (χ4n) is 1.56. The third-order valence-corrected chi connectivity index (χ3v) is 2.33. The van der Waals surface area contributed by atoms with Gasteiger partial charge in [0, 0.05) is 6.20 Å². The largest absolute Gasteiger partial charge is 0.246 e. The SMILES string of the molecule is Cc1ccccc1-c1ccnc(C#N)c1. The van der Waals surface area contributed by atoms with Crippen LogP contribution in [0.15, 0.2) is 42.6 Å². The second-order valence-corrected chi connectivity index (χ2v) is 3.36. The Morgan fingerprint density at radius 3 is 2.73 bits per heavy atom. The lowest BCUT2D eigenvalue weighted by Crippen LogP contribution is -1.86. The van der Waals surface area contributed by atoms with Crippen molar-refractivity contribution in [2.24, 2.45) is 0 Å². The molecule has 1 aromatic carbocycles. The second-order valence-electron chi connectivity index (χ2n) is 3.36. The summed E-state index contributed by atoms with van der Waals surface area (Å²) in [6.45, 7) is 2.06. The molecule has 0 aliphatic carbocycles. The lowest BCUT2D eigenvalue weighted by molar-refractivity contribution is 1.26. The summed E-state index contributed by atoms with van der Waals surface area (Å²) in [7, 11) is 0. The molecule has 2 nitrogen and oxygen atoms in total. The molecule has 2 rings (SSSR count). The van der Waals surface area contributed by atoms with Gasteiger partial charge in [0.1, 0.15) is 11.8 Å². The first-order valence-electron chi connectivity index (χ1n) is 4.73. The van der Waals surface area contributed by atoms with Crippen molar-refractivity contribution in [3.05, 3.63) is 53.9 Å². The molecule has 0 fully saturated rings. The number of aromatic nitrogens is 1. The Bertz CT molecular complexity index is 524. The Balaban J connectivity index is 2.55. The first kappa shape index (κ1) is 9.42. The highest BCUT2D eigenvalue weighted by molar-refractivity contribution is 5.67. The van der Waals surface area contributed by atoms with E-state index < -0.39 is 0 Å². The summed E-state index contributed by atoms with van der Waals surface area (Å²) in [6, 6.07) is 13.9. The smallest absolute Gasteiger partial charge is 0.141 e. The van der Waals surface area contributed by atoms with Gasteiger partial charge in [0.2, 0.25) is 0 Å². The number of hydrogen-bond acceptors (Lipinski definition) is 2. The number of pyridine rings is 1. The van der Waals surface area contributed by atoms with Crippen molar-refractivity contribution in [3.8, 4) is 17.2 Å². The van der Waals surface area contributed by atoms with Gasteiger partial charge in [-0.3, -0.25) is 0 Å². The van der Waals surface area contributed by atoms with Gasteiger partial charge in [-0.1, -0.05) is 24.3 Å². The van der Waals surface area contributed by atoms with Crippen LogP contribution in [0.2, 0.25) is 0 Å². The standard InChI is InChI=1S/C13H10N2/c1-10-4-2-3-5-13(10)11-6-7-15-12(8-11)9-14/h2-8H,1H3. The first-order chi connectivity index (χ1) is 7.31. The first-order valence-corrected chi connectivity index (χ1v) is 4.73. The molecule has 1 heterocycles. The van der Waals surface area contributed by atoms with Crippen molar-refractivity contribution in [3.63, 3.8) is 0 Å². The van der Waals surface area contributed by atoms with Crippen LogP contribution in [-0.2, 0) is 0 Å². The third-order valence-electron chi connectivity index (χ3n) is 2.33. The minimum absolute atomic E-state index is 0.454. The molecule has 0 bridgehead atoms. The zero-order valence-electron chi connectivity index (χ0n) is 8.44. The van der Waals surface area contributed by atoms with Gasteiger partial charge in [-0.05, 0) is 35.7 Å². The number of aryl methyl sites for hydroxylation is 1. The average molecular weight is 194 g/mol. The van der Waals surface area contributed by atoms with Gasteiger partial charge in [-0.25, -0.2) is 4.98 Å². The molecule has 15 heavy (non-hydrogen) atoms. The van der Waals surface area contributed by atoms with Crippen LogP contribution < -0.4 is 0 Å². The lowest BCUT2D eigenvalue weighted by Gasteiger charge is -2.04. The van der Waals surface area contributed by atoms with Crippen LogP contribution in [0, 0.1) is 18.3 Å². The van der Waals surface area contributed by atoms with Gasteiger partial charge in [0.05, 0.1) is 0 Å². The van der Waals surface area contributed by atoms with E-state index in [2.05, 4.69) is 18.0 Å². The molecule has 0 amide bonds. The minimum atomic E-state index is 0.454. The van der Waals surface area contributed by atoms with Crippen LogP contribution in [0.1, 0.15) is 11.3 Å². The van der Waals surface area contributed by atoms with Crippen molar-refractivity contribution in [2.75, 3.05) is 0 Å². The Hall–Kier alpha value is -2.14. The maximum Gasteiger partial charge on any atom is 0.141 e. The molecule has 0 aliphatic heterocycles. The fraction of sp³-hybridized carbons (Fsp3) is 0.0769. The molecule has 0 atom stereocenters. The predicted molar refractivity (Wildman–Crippen MR) is 59.1 cm³/mol. The molecule has 1 aromatic heterocycles. The van der Waals surface area contributed by atoms with Gasteiger partial charge >= 0.3 is 0 Å². The molecule has 0 aliphatic rings. The van der Waals surface area contributed by atoms with Crippen molar-refractivity contribution < 1.29 is 0 Å². The Morgan fingerprint density at radius 2 is 2.00 bits per heavy atom. The summed E-state index contributed by atoms with van der Waals surface area (Å²) < 4.78 is 0. The normalized spacial score (nSPS) is 9.60. The molecule has 0 spiro atoms. The van der Waals surface area contributed by atoms with Gasteiger partial charge < -0.3 is 0 Å². The van der Waals surface area contributed by atoms with Crippen molar-refractivity contribution in [2.45, 2.75) is 6.92 Å². The number of hydrogen-bond donors (Lipinski definition) is 0. The average Bonchev–Trinajstić information content (AvgIpc) is 2.30. The lowest BCUT2D eigenvalue weighted by atomic mass is 10.0. The molecule has 0 N–H and O–H groups in total. The summed E-state index contributed by atoms with van der Waals surface area (Å²) in [5, 5.41) is 8.77. The van der Waals surface area contributed by atoms with E-state index in [4.69, 9.17) is 5.26 Å². The van der Waals surface area contributed by atoms with Crippen molar-refractivity contribution in [1.82, 2.24) is 4.98 Å². The van der Waals surface area contributed by atoms with Gasteiger partial charge in [-0.2, -0.15) is 5.26 Å². The second kappa shape index (κ2) is 3.93. The van der Waals surface area contributed by atoms with Crippen LogP contribution in [0.5, 0.6) is 0 Å². The van der Waals surface area contributed by atoms with Crippen molar-refractivity contribution >= 4 is 0 Å². The van der Waals surface area contributed by atoms with Crippen LogP contribution in [0.4, 0.5) is 0 Å². The quantitative estimate of drug-likeness (QED) is 0.699. The molecule has 0 radical (unpaired) electrons. The van der Waals surface area contributed by atoms with E-state index in [0.29, 0.717) is 5.69 Å². The summed E-state index contributed by atoms with van der Waals surface area (Å²) in [5.41, 5.74) is 3.85. The van der Waals surface area contributed by atoms with Gasteiger partial charge in [-0.15, -0.1) is 0 Å². The van der Waals surface area contributed by atoms with E-state index in [9.17, 15) is 0 Å². The zero-order valence-corrected chi connectivity index (χ0v) is 8.44. The summed E-state index contributed by atoms with van der Waals surface area (Å²) in [6.07, 6.45) is 1.67. The summed E-state index contributed by atoms with van der Waals surface area (Å²) in [4.78, 5) is 3.95. The van der Waals surface area contributed by atoms with E-state index in [-0.39, 0.29) is 0 Å². The predicted octanol–water partition coefficient (Wildman–Crippen LogP) is 2.93.